The van der Waals surface area contributed by atoms with Crippen LogP contribution in [-0.2, 0) is 0 Å². The molecular weight excluding hydrogens is 637 g/mol. The van der Waals surface area contributed by atoms with Gasteiger partial charge in [-0.2, -0.15) is 5.26 Å². The van der Waals surface area contributed by atoms with Gasteiger partial charge in [0.15, 0.2) is 5.84 Å². The second-order valence-electron chi connectivity index (χ2n) is 13.0. The fourth-order valence-electron chi connectivity index (χ4n) is 7.58. The maximum absolute atomic E-state index is 9.39. The van der Waals surface area contributed by atoms with Crippen LogP contribution in [0.15, 0.2) is 180 Å². The summed E-state index contributed by atoms with van der Waals surface area (Å²) in [6.07, 6.45) is -0.329. The molecule has 9 aromatic rings. The van der Waals surface area contributed by atoms with E-state index in [1.165, 1.54) is 27.1 Å². The summed E-state index contributed by atoms with van der Waals surface area (Å²) in [6, 6.07) is 61.1. The Morgan fingerprint density at radius 3 is 1.77 bits per heavy atom. The monoisotopic (exact) mass is 666 g/mol. The standard InChI is InChI=1S/C46H30N6/c47-29-30-22-24-32(25-23-30)45-48-44(31-12-3-1-4-13-31)49-46(50-45)33-14-11-17-35(26-33)52-41-21-10-8-19-37(41)39-27-38-36-18-7-9-20-40(36)51(42(38)28-43(39)52)34-15-5-2-6-16-34/h1-28,44H,(H,48,49,50). The first-order chi connectivity index (χ1) is 25.7. The number of para-hydroxylation sites is 3. The van der Waals surface area contributed by atoms with Crippen LogP contribution < -0.4 is 5.32 Å². The lowest BCUT2D eigenvalue weighted by Crippen LogP contribution is -2.33. The summed E-state index contributed by atoms with van der Waals surface area (Å²) in [5.41, 5.74) is 10.2. The van der Waals surface area contributed by atoms with Crippen LogP contribution in [0.4, 0.5) is 0 Å². The van der Waals surface area contributed by atoms with E-state index in [1.807, 2.05) is 42.5 Å². The number of aliphatic imine (C=N–C) groups is 2. The molecule has 1 aliphatic rings. The Bertz CT molecular complexity index is 2930. The molecule has 0 saturated carbocycles. The highest BCUT2D eigenvalue weighted by molar-refractivity contribution is 6.19. The van der Waals surface area contributed by atoms with Crippen molar-refractivity contribution in [3.8, 4) is 17.4 Å². The Balaban J connectivity index is 1.17. The van der Waals surface area contributed by atoms with Crippen molar-refractivity contribution in [1.82, 2.24) is 14.5 Å². The lowest BCUT2D eigenvalue weighted by Gasteiger charge is -2.24. The smallest absolute Gasteiger partial charge is 0.159 e. The van der Waals surface area contributed by atoms with E-state index in [9.17, 15) is 5.26 Å². The molecule has 1 unspecified atom stereocenters. The van der Waals surface area contributed by atoms with Gasteiger partial charge in [0.2, 0.25) is 0 Å². The Kier molecular flexibility index (Phi) is 6.83. The third-order valence-corrected chi connectivity index (χ3v) is 9.99. The fourth-order valence-corrected chi connectivity index (χ4v) is 7.58. The molecule has 10 rings (SSSR count). The maximum Gasteiger partial charge on any atom is 0.159 e. The Morgan fingerprint density at radius 2 is 1.10 bits per heavy atom. The number of nitrogens with zero attached hydrogens (tertiary/aromatic N) is 5. The lowest BCUT2D eigenvalue weighted by atomic mass is 10.1. The van der Waals surface area contributed by atoms with Gasteiger partial charge in [0, 0.05) is 44.0 Å². The number of hydrogen-bond acceptors (Lipinski definition) is 4. The van der Waals surface area contributed by atoms with Crippen LogP contribution >= 0.6 is 0 Å². The molecule has 0 aliphatic carbocycles. The molecule has 2 aromatic heterocycles. The van der Waals surface area contributed by atoms with Gasteiger partial charge in [-0.1, -0.05) is 97.1 Å². The first kappa shape index (κ1) is 29.7. The number of hydrogen-bond donors (Lipinski definition) is 1. The fraction of sp³-hybridized carbons (Fsp3) is 0.0217. The van der Waals surface area contributed by atoms with Crippen molar-refractivity contribution in [2.45, 2.75) is 6.17 Å². The Morgan fingerprint density at radius 1 is 0.500 bits per heavy atom. The third-order valence-electron chi connectivity index (χ3n) is 9.99. The molecule has 1 atom stereocenters. The molecule has 0 spiro atoms. The van der Waals surface area contributed by atoms with Gasteiger partial charge < -0.3 is 14.5 Å². The molecule has 244 valence electrons. The van der Waals surface area contributed by atoms with E-state index in [0.717, 1.165) is 50.5 Å². The minimum absolute atomic E-state index is 0.329. The summed E-state index contributed by atoms with van der Waals surface area (Å²) in [6.45, 7) is 0. The van der Waals surface area contributed by atoms with Crippen molar-refractivity contribution >= 4 is 55.3 Å². The predicted octanol–water partition coefficient (Wildman–Crippen LogP) is 10.2. The molecule has 1 aliphatic heterocycles. The zero-order valence-electron chi connectivity index (χ0n) is 28.0. The summed E-state index contributed by atoms with van der Waals surface area (Å²) in [7, 11) is 0. The number of rotatable bonds is 5. The van der Waals surface area contributed by atoms with E-state index < -0.39 is 0 Å². The van der Waals surface area contributed by atoms with Gasteiger partial charge in [0.1, 0.15) is 12.0 Å². The number of nitrogens with one attached hydrogen (secondary N) is 1. The minimum Gasteiger partial charge on any atom is -0.344 e. The van der Waals surface area contributed by atoms with Crippen LogP contribution in [0.3, 0.4) is 0 Å². The van der Waals surface area contributed by atoms with Crippen molar-refractivity contribution < 1.29 is 0 Å². The average Bonchev–Trinajstić information content (AvgIpc) is 3.72. The topological polar surface area (TPSA) is 70.4 Å². The molecular formula is C46H30N6. The zero-order chi connectivity index (χ0) is 34.6. The van der Waals surface area contributed by atoms with Gasteiger partial charge in [0.05, 0.1) is 33.7 Å². The molecule has 6 heteroatoms. The molecule has 0 radical (unpaired) electrons. The Hall–Kier alpha value is -7.23. The van der Waals surface area contributed by atoms with Crippen molar-refractivity contribution in [2.24, 2.45) is 9.98 Å². The maximum atomic E-state index is 9.39. The van der Waals surface area contributed by atoms with Crippen LogP contribution in [0.25, 0.3) is 55.0 Å². The molecule has 52 heavy (non-hydrogen) atoms. The summed E-state index contributed by atoms with van der Waals surface area (Å²) in [5.74, 6) is 1.35. The SMILES string of the molecule is N#Cc1ccc(C2=NC(c3ccccc3)NC(c3cccc(-n4c5ccccc5c5cc6c7ccccc7n(-c7ccccc7)c6cc54)c3)=N2)cc1. The number of aromatic nitrogens is 2. The highest BCUT2D eigenvalue weighted by Crippen LogP contribution is 2.39. The molecule has 0 amide bonds. The number of amidine groups is 2. The largest absolute Gasteiger partial charge is 0.344 e. The van der Waals surface area contributed by atoms with E-state index in [1.54, 1.807) is 0 Å². The summed E-state index contributed by atoms with van der Waals surface area (Å²) in [4.78, 5) is 10.1. The second-order valence-corrected chi connectivity index (χ2v) is 13.0. The molecule has 7 aromatic carbocycles. The highest BCUT2D eigenvalue weighted by atomic mass is 15.2. The molecule has 0 saturated heterocycles. The van der Waals surface area contributed by atoms with E-state index in [4.69, 9.17) is 9.98 Å². The van der Waals surface area contributed by atoms with Crippen molar-refractivity contribution in [1.29, 1.82) is 5.26 Å². The first-order valence-electron chi connectivity index (χ1n) is 17.3. The minimum atomic E-state index is -0.329. The van der Waals surface area contributed by atoms with Crippen LogP contribution in [0.5, 0.6) is 0 Å². The number of benzene rings is 7. The highest BCUT2D eigenvalue weighted by Gasteiger charge is 2.23. The van der Waals surface area contributed by atoms with E-state index >= 15 is 0 Å². The number of nitriles is 1. The predicted molar refractivity (Wildman–Crippen MR) is 212 cm³/mol. The Labute approximate surface area is 299 Å². The molecule has 3 heterocycles. The zero-order valence-corrected chi connectivity index (χ0v) is 28.0. The van der Waals surface area contributed by atoms with Crippen LogP contribution in [-0.4, -0.2) is 20.8 Å². The van der Waals surface area contributed by atoms with E-state index in [-0.39, 0.29) is 6.17 Å². The summed E-state index contributed by atoms with van der Waals surface area (Å²) < 4.78 is 4.74. The lowest BCUT2D eigenvalue weighted by molar-refractivity contribution is 0.674. The average molecular weight is 667 g/mol. The number of fused-ring (bicyclic) bond motifs is 6. The van der Waals surface area contributed by atoms with Crippen LogP contribution in [0, 0.1) is 11.3 Å². The van der Waals surface area contributed by atoms with Crippen molar-refractivity contribution in [3.63, 3.8) is 0 Å². The van der Waals surface area contributed by atoms with Crippen LogP contribution in [0.1, 0.15) is 28.4 Å². The molecule has 1 N–H and O–H groups in total. The van der Waals surface area contributed by atoms with Gasteiger partial charge in [0.25, 0.3) is 0 Å². The first-order valence-corrected chi connectivity index (χ1v) is 17.3. The van der Waals surface area contributed by atoms with Crippen LogP contribution in [0.2, 0.25) is 0 Å². The van der Waals surface area contributed by atoms with Gasteiger partial charge in [-0.05, 0) is 78.4 Å². The van der Waals surface area contributed by atoms with E-state index in [0.29, 0.717) is 11.4 Å². The molecule has 0 bridgehead atoms. The molecule has 6 nitrogen and oxygen atoms in total. The van der Waals surface area contributed by atoms with Crippen molar-refractivity contribution in [2.75, 3.05) is 0 Å². The normalized spacial score (nSPS) is 14.3. The van der Waals surface area contributed by atoms with Gasteiger partial charge in [-0.25, -0.2) is 9.98 Å². The van der Waals surface area contributed by atoms with Gasteiger partial charge in [-0.3, -0.25) is 0 Å². The quantitative estimate of drug-likeness (QED) is 0.199. The van der Waals surface area contributed by atoms with Gasteiger partial charge in [-0.15, -0.1) is 0 Å². The summed E-state index contributed by atoms with van der Waals surface area (Å²) in [5, 5.41) is 17.9. The van der Waals surface area contributed by atoms with Gasteiger partial charge >= 0.3 is 0 Å². The van der Waals surface area contributed by atoms with E-state index in [2.05, 4.69) is 148 Å². The van der Waals surface area contributed by atoms with Crippen molar-refractivity contribution in [3.05, 3.63) is 192 Å². The third kappa shape index (κ3) is 4.79. The molecule has 0 fully saturated rings. The second kappa shape index (κ2) is 12.0. The summed E-state index contributed by atoms with van der Waals surface area (Å²) >= 11 is 0.